The molecule has 0 aliphatic carbocycles. The Balaban J connectivity index is 2.11. The first-order valence-corrected chi connectivity index (χ1v) is 8.37. The molecule has 1 aromatic carbocycles. The highest BCUT2D eigenvalue weighted by atomic mass is 16.6. The maximum Gasteiger partial charge on any atom is 0.411 e. The van der Waals surface area contributed by atoms with Crippen LogP contribution in [-0.4, -0.2) is 58.0 Å². The van der Waals surface area contributed by atoms with Crippen LogP contribution in [0.4, 0.5) is 4.79 Å². The van der Waals surface area contributed by atoms with Crippen molar-refractivity contribution in [3.63, 3.8) is 0 Å². The third-order valence-corrected chi connectivity index (χ3v) is 3.96. The second-order valence-corrected chi connectivity index (χ2v) is 7.13. The highest BCUT2D eigenvalue weighted by molar-refractivity contribution is 5.87. The Hall–Kier alpha value is -2.12. The lowest BCUT2D eigenvalue weighted by atomic mass is 10.1. The Kier molecular flexibility index (Phi) is 6.02. The van der Waals surface area contributed by atoms with Crippen molar-refractivity contribution < 1.29 is 24.5 Å². The molecule has 1 aliphatic heterocycles. The fraction of sp³-hybridized carbons (Fsp3) is 0.556. The van der Waals surface area contributed by atoms with Crippen molar-refractivity contribution in [2.24, 2.45) is 0 Å². The Labute approximate surface area is 147 Å². The number of likely N-dealkylation sites (tertiary alicyclic amines) is 1. The monoisotopic (exact) mass is 350 g/mol. The number of amides is 2. The van der Waals surface area contributed by atoms with Crippen LogP contribution in [0.2, 0.25) is 0 Å². The van der Waals surface area contributed by atoms with Crippen LogP contribution in [0.5, 0.6) is 0 Å². The first kappa shape index (κ1) is 19.2. The van der Waals surface area contributed by atoms with Gasteiger partial charge in [-0.2, -0.15) is 0 Å². The van der Waals surface area contributed by atoms with Gasteiger partial charge in [-0.3, -0.25) is 9.69 Å². The summed E-state index contributed by atoms with van der Waals surface area (Å²) in [5.41, 5.74) is 0.0539. The second-order valence-electron chi connectivity index (χ2n) is 7.13. The smallest absolute Gasteiger partial charge is 0.411 e. The molecular formula is C18H26N2O5. The molecule has 3 N–H and O–H groups in total. The minimum atomic E-state index is -1.03. The molecule has 138 valence electrons. The zero-order valence-electron chi connectivity index (χ0n) is 14.8. The van der Waals surface area contributed by atoms with E-state index in [4.69, 9.17) is 4.74 Å². The molecule has 0 aromatic heterocycles. The molecule has 1 fully saturated rings. The lowest BCUT2D eigenvalue weighted by molar-refractivity contribution is -0.129. The van der Waals surface area contributed by atoms with Crippen molar-refractivity contribution in [1.29, 1.82) is 0 Å². The second kappa shape index (κ2) is 7.84. The Bertz CT molecular complexity index is 599. The summed E-state index contributed by atoms with van der Waals surface area (Å²) in [7, 11) is 0. The van der Waals surface area contributed by atoms with Crippen LogP contribution in [0, 0.1) is 0 Å². The molecule has 7 nitrogen and oxygen atoms in total. The Morgan fingerprint density at radius 3 is 2.52 bits per heavy atom. The van der Waals surface area contributed by atoms with Crippen molar-refractivity contribution in [1.82, 2.24) is 10.2 Å². The van der Waals surface area contributed by atoms with E-state index < -0.39 is 35.8 Å². The molecule has 1 aliphatic rings. The Morgan fingerprint density at radius 1 is 1.32 bits per heavy atom. The van der Waals surface area contributed by atoms with E-state index in [1.165, 1.54) is 4.90 Å². The van der Waals surface area contributed by atoms with Gasteiger partial charge in [0.15, 0.2) is 0 Å². The van der Waals surface area contributed by atoms with E-state index in [0.29, 0.717) is 6.42 Å². The Morgan fingerprint density at radius 2 is 1.96 bits per heavy atom. The predicted octanol–water partition coefficient (Wildman–Crippen LogP) is 1.21. The average molecular weight is 350 g/mol. The van der Waals surface area contributed by atoms with E-state index in [2.05, 4.69) is 5.32 Å². The molecule has 1 heterocycles. The molecule has 0 saturated carbocycles. The molecule has 7 heteroatoms. The van der Waals surface area contributed by atoms with Crippen molar-refractivity contribution in [3.05, 3.63) is 35.9 Å². The number of aliphatic hydroxyl groups excluding tert-OH is 2. The largest absolute Gasteiger partial charge is 0.444 e. The van der Waals surface area contributed by atoms with Gasteiger partial charge < -0.3 is 20.3 Å². The summed E-state index contributed by atoms with van der Waals surface area (Å²) in [6.07, 6.45) is -1.31. The zero-order valence-corrected chi connectivity index (χ0v) is 14.8. The SMILES string of the molecule is CC(C)(C)OC(=O)N1CCC(O)C1C(=O)N[C@H](CO)c1ccccc1. The van der Waals surface area contributed by atoms with Crippen LogP contribution in [0.3, 0.4) is 0 Å². The lowest BCUT2D eigenvalue weighted by Gasteiger charge is -2.29. The molecule has 25 heavy (non-hydrogen) atoms. The number of carbonyl (C=O) groups is 2. The van der Waals surface area contributed by atoms with Crippen molar-refractivity contribution in [2.45, 2.75) is 51.0 Å². The van der Waals surface area contributed by atoms with Gasteiger partial charge in [0.25, 0.3) is 0 Å². The fourth-order valence-electron chi connectivity index (χ4n) is 2.79. The number of ether oxygens (including phenoxy) is 1. The number of nitrogens with one attached hydrogen (secondary N) is 1. The summed E-state index contributed by atoms with van der Waals surface area (Å²) in [5, 5.41) is 22.4. The van der Waals surface area contributed by atoms with Crippen LogP contribution in [0.1, 0.15) is 38.8 Å². The van der Waals surface area contributed by atoms with E-state index >= 15 is 0 Å². The van der Waals surface area contributed by atoms with Crippen LogP contribution in [0.15, 0.2) is 30.3 Å². The van der Waals surface area contributed by atoms with Crippen molar-refractivity contribution >= 4 is 12.0 Å². The van der Waals surface area contributed by atoms with Crippen molar-refractivity contribution in [3.8, 4) is 0 Å². The third kappa shape index (κ3) is 4.93. The van der Waals surface area contributed by atoms with Gasteiger partial charge in [-0.1, -0.05) is 30.3 Å². The highest BCUT2D eigenvalue weighted by Gasteiger charge is 2.43. The number of benzene rings is 1. The molecule has 0 spiro atoms. The molecule has 1 saturated heterocycles. The van der Waals surface area contributed by atoms with Gasteiger partial charge in [0.2, 0.25) is 5.91 Å². The van der Waals surface area contributed by atoms with Crippen molar-refractivity contribution in [2.75, 3.05) is 13.2 Å². The zero-order chi connectivity index (χ0) is 18.6. The molecule has 2 unspecified atom stereocenters. The highest BCUT2D eigenvalue weighted by Crippen LogP contribution is 2.23. The molecule has 2 amide bonds. The molecule has 0 radical (unpaired) electrons. The number of rotatable bonds is 4. The van der Waals surface area contributed by atoms with Gasteiger partial charge in [-0.15, -0.1) is 0 Å². The van der Waals surface area contributed by atoms with Gasteiger partial charge in [-0.05, 0) is 32.8 Å². The summed E-state index contributed by atoms with van der Waals surface area (Å²) < 4.78 is 5.31. The number of carbonyl (C=O) groups excluding carboxylic acids is 2. The number of nitrogens with zero attached hydrogens (tertiary/aromatic N) is 1. The number of aliphatic hydroxyl groups is 2. The maximum absolute atomic E-state index is 12.6. The van der Waals surface area contributed by atoms with E-state index in [0.717, 1.165) is 5.56 Å². The van der Waals surface area contributed by atoms with E-state index in [1.807, 2.05) is 18.2 Å². The van der Waals surface area contributed by atoms with Crippen LogP contribution in [0.25, 0.3) is 0 Å². The summed E-state index contributed by atoms with van der Waals surface area (Å²) >= 11 is 0. The lowest BCUT2D eigenvalue weighted by Crippen LogP contribution is -2.52. The molecule has 3 atom stereocenters. The normalized spacial score (nSPS) is 21.7. The molecule has 1 aromatic rings. The van der Waals surface area contributed by atoms with E-state index in [1.54, 1.807) is 32.9 Å². The minimum absolute atomic E-state index is 0.239. The topological polar surface area (TPSA) is 99.1 Å². The van der Waals surface area contributed by atoms with Crippen LogP contribution >= 0.6 is 0 Å². The van der Waals surface area contributed by atoms with Gasteiger partial charge in [-0.25, -0.2) is 4.79 Å². The third-order valence-electron chi connectivity index (χ3n) is 3.96. The summed E-state index contributed by atoms with van der Waals surface area (Å²) in [4.78, 5) is 26.2. The molecule has 2 rings (SSSR count). The fourth-order valence-corrected chi connectivity index (χ4v) is 2.79. The van der Waals surface area contributed by atoms with Gasteiger partial charge in [0.1, 0.15) is 11.6 Å². The molecular weight excluding hydrogens is 324 g/mol. The van der Waals surface area contributed by atoms with Gasteiger partial charge in [0, 0.05) is 6.54 Å². The summed E-state index contributed by atoms with van der Waals surface area (Å²) in [6, 6.07) is 7.39. The first-order chi connectivity index (χ1) is 11.7. The number of hydrogen-bond donors (Lipinski definition) is 3. The van der Waals surface area contributed by atoms with E-state index in [9.17, 15) is 19.8 Å². The summed E-state index contributed by atoms with van der Waals surface area (Å²) in [6.45, 7) is 5.17. The van der Waals surface area contributed by atoms with E-state index in [-0.39, 0.29) is 13.2 Å². The van der Waals surface area contributed by atoms with Gasteiger partial charge in [0.05, 0.1) is 18.8 Å². The maximum atomic E-state index is 12.6. The minimum Gasteiger partial charge on any atom is -0.444 e. The first-order valence-electron chi connectivity index (χ1n) is 8.37. The van der Waals surface area contributed by atoms with Gasteiger partial charge >= 0.3 is 6.09 Å². The standard InChI is InChI=1S/C18H26N2O5/c1-18(2,3)25-17(24)20-10-9-14(22)15(20)16(23)19-13(11-21)12-7-5-4-6-8-12/h4-8,13-15,21-22H,9-11H2,1-3H3,(H,19,23)/t13-,14?,15?/m1/s1. The molecule has 0 bridgehead atoms. The average Bonchev–Trinajstić information content (AvgIpc) is 2.93. The summed E-state index contributed by atoms with van der Waals surface area (Å²) in [5.74, 6) is -0.515. The quantitative estimate of drug-likeness (QED) is 0.758. The van der Waals surface area contributed by atoms with Crippen LogP contribution in [-0.2, 0) is 9.53 Å². The van der Waals surface area contributed by atoms with Crippen LogP contribution < -0.4 is 5.32 Å². The number of hydrogen-bond acceptors (Lipinski definition) is 5. The predicted molar refractivity (Wildman–Crippen MR) is 91.8 cm³/mol.